The van der Waals surface area contributed by atoms with Crippen molar-refractivity contribution in [3.63, 3.8) is 0 Å². The Morgan fingerprint density at radius 2 is 2.00 bits per heavy atom. The molecule has 5 nitrogen and oxygen atoms in total. The smallest absolute Gasteiger partial charge is 0.338 e. The van der Waals surface area contributed by atoms with Crippen LogP contribution in [0.25, 0.3) is 0 Å². The number of rotatable bonds is 4. The molecule has 4 atom stereocenters. The van der Waals surface area contributed by atoms with E-state index < -0.39 is 17.7 Å². The molecule has 1 aromatic rings. The second-order valence-electron chi connectivity index (χ2n) is 9.07. The molecule has 2 unspecified atom stereocenters. The molecule has 0 spiro atoms. The molecule has 0 aromatic heterocycles. The summed E-state index contributed by atoms with van der Waals surface area (Å²) >= 11 is 0. The molecule has 3 rings (SSSR count). The maximum Gasteiger partial charge on any atom is 0.338 e. The van der Waals surface area contributed by atoms with Gasteiger partial charge in [-0.1, -0.05) is 32.4 Å². The summed E-state index contributed by atoms with van der Waals surface area (Å²) in [5.41, 5.74) is 0.551. The summed E-state index contributed by atoms with van der Waals surface area (Å²) in [7, 11) is 1.44. The van der Waals surface area contributed by atoms with Gasteiger partial charge in [0.05, 0.1) is 18.3 Å². The second-order valence-corrected chi connectivity index (χ2v) is 9.07. The van der Waals surface area contributed by atoms with Gasteiger partial charge in [-0.05, 0) is 55.7 Å². The van der Waals surface area contributed by atoms with Gasteiger partial charge in [0.15, 0.2) is 11.5 Å². The van der Waals surface area contributed by atoms with E-state index in [0.29, 0.717) is 12.0 Å². The number of benzene rings is 1. The number of carbonyl (C=O) groups excluding carboxylic acids is 1. The van der Waals surface area contributed by atoms with Gasteiger partial charge in [-0.2, -0.15) is 0 Å². The Hall–Kier alpha value is -2.01. The summed E-state index contributed by atoms with van der Waals surface area (Å²) in [6.45, 7) is 8.35. The van der Waals surface area contributed by atoms with Gasteiger partial charge in [0.2, 0.25) is 0 Å². The monoisotopic (exact) mass is 388 g/mol. The van der Waals surface area contributed by atoms with Gasteiger partial charge in [-0.25, -0.2) is 4.79 Å². The Bertz CT molecular complexity index is 783. The number of fused-ring (bicyclic) bond motifs is 1. The van der Waals surface area contributed by atoms with Crippen molar-refractivity contribution in [2.45, 2.75) is 65.1 Å². The molecule has 1 saturated carbocycles. The topological polar surface area (TPSA) is 76.0 Å². The van der Waals surface area contributed by atoms with E-state index in [9.17, 15) is 15.0 Å². The molecular formula is C23H32O5. The summed E-state index contributed by atoms with van der Waals surface area (Å²) in [5, 5.41) is 21.3. The molecule has 0 bridgehead atoms. The maximum atomic E-state index is 12.9. The van der Waals surface area contributed by atoms with Crippen LogP contribution in [0.4, 0.5) is 0 Å². The summed E-state index contributed by atoms with van der Waals surface area (Å²) < 4.78 is 11.1. The highest BCUT2D eigenvalue weighted by Crippen LogP contribution is 2.58. The predicted molar refractivity (Wildman–Crippen MR) is 107 cm³/mol. The highest BCUT2D eigenvalue weighted by molar-refractivity contribution is 5.90. The number of carbonyl (C=O) groups is 1. The Labute approximate surface area is 167 Å². The number of aliphatic hydroxyl groups is 1. The van der Waals surface area contributed by atoms with Crippen LogP contribution in [0.5, 0.6) is 11.5 Å². The van der Waals surface area contributed by atoms with Crippen LogP contribution < -0.4 is 4.74 Å². The van der Waals surface area contributed by atoms with Crippen LogP contribution in [0.15, 0.2) is 29.8 Å². The Balaban J connectivity index is 1.93. The first-order valence-corrected chi connectivity index (χ1v) is 10.1. The van der Waals surface area contributed by atoms with Gasteiger partial charge < -0.3 is 19.7 Å². The average Bonchev–Trinajstić information content (AvgIpc) is 2.85. The average molecular weight is 389 g/mol. The third-order valence-electron chi connectivity index (χ3n) is 6.87. The summed E-state index contributed by atoms with van der Waals surface area (Å²) in [4.78, 5) is 12.9. The zero-order chi connectivity index (χ0) is 20.7. The van der Waals surface area contributed by atoms with E-state index in [2.05, 4.69) is 19.9 Å². The molecule has 5 heteroatoms. The Kier molecular flexibility index (Phi) is 5.50. The maximum absolute atomic E-state index is 12.9. The van der Waals surface area contributed by atoms with E-state index in [4.69, 9.17) is 9.47 Å². The summed E-state index contributed by atoms with van der Waals surface area (Å²) in [5.74, 6) is -0.302. The van der Waals surface area contributed by atoms with E-state index >= 15 is 0 Å². The van der Waals surface area contributed by atoms with Crippen molar-refractivity contribution < 1.29 is 24.5 Å². The molecule has 0 amide bonds. The van der Waals surface area contributed by atoms with Crippen molar-refractivity contribution in [1.82, 2.24) is 0 Å². The molecule has 2 N–H and O–H groups in total. The minimum atomic E-state index is -0.856. The first kappa shape index (κ1) is 20.7. The molecule has 2 aliphatic carbocycles. The number of aromatic hydroxyl groups is 1. The lowest BCUT2D eigenvalue weighted by Crippen LogP contribution is -2.50. The molecule has 28 heavy (non-hydrogen) atoms. The second kappa shape index (κ2) is 7.43. The van der Waals surface area contributed by atoms with Gasteiger partial charge in [-0.3, -0.25) is 0 Å². The fourth-order valence-electron chi connectivity index (χ4n) is 5.09. The normalized spacial score (nSPS) is 32.5. The van der Waals surface area contributed by atoms with Crippen molar-refractivity contribution in [3.05, 3.63) is 35.4 Å². The van der Waals surface area contributed by atoms with E-state index in [-0.39, 0.29) is 28.7 Å². The molecular weight excluding hydrogens is 356 g/mol. The number of methoxy groups -OCH3 is 1. The molecule has 154 valence electrons. The SMILES string of the molecule is COc1cc(C(=O)O[C@H]2CC(C)=CCC3(C)CC[C@@](O)(C(C)C)C23)ccc1O. The predicted octanol–water partition coefficient (Wildman–Crippen LogP) is 4.47. The van der Waals surface area contributed by atoms with E-state index in [0.717, 1.165) is 19.3 Å². The minimum Gasteiger partial charge on any atom is -0.504 e. The molecule has 0 radical (unpaired) electrons. The fraction of sp³-hybridized carbons (Fsp3) is 0.609. The number of allylic oxidation sites excluding steroid dienone is 1. The minimum absolute atomic E-state index is 0.0233. The lowest BCUT2D eigenvalue weighted by atomic mass is 9.67. The largest absolute Gasteiger partial charge is 0.504 e. The molecule has 1 fully saturated rings. The van der Waals surface area contributed by atoms with Crippen LogP contribution in [0.3, 0.4) is 0 Å². The number of hydrogen-bond acceptors (Lipinski definition) is 5. The van der Waals surface area contributed by atoms with E-state index in [1.54, 1.807) is 0 Å². The van der Waals surface area contributed by atoms with Crippen molar-refractivity contribution in [3.8, 4) is 11.5 Å². The van der Waals surface area contributed by atoms with Gasteiger partial charge in [-0.15, -0.1) is 0 Å². The van der Waals surface area contributed by atoms with Crippen LogP contribution in [0, 0.1) is 17.3 Å². The zero-order valence-electron chi connectivity index (χ0n) is 17.5. The number of phenolic OH excluding ortho intramolecular Hbond substituents is 1. The standard InChI is InChI=1S/C23H32O5/c1-14(2)23(26)11-10-22(4)9-8-15(3)12-19(20(22)23)28-21(25)16-6-7-17(24)18(13-16)27-5/h6-8,13-14,19-20,24,26H,9-12H2,1-5H3/t19-,20?,22?,23+/m0/s1. The molecule has 1 aromatic carbocycles. The number of ether oxygens (including phenoxy) is 2. The van der Waals surface area contributed by atoms with Gasteiger partial charge in [0.1, 0.15) is 6.10 Å². The first-order chi connectivity index (χ1) is 13.1. The molecule has 2 aliphatic rings. The lowest BCUT2D eigenvalue weighted by molar-refractivity contribution is -0.112. The molecule has 0 aliphatic heterocycles. The third-order valence-corrected chi connectivity index (χ3v) is 6.87. The van der Waals surface area contributed by atoms with Gasteiger partial charge >= 0.3 is 5.97 Å². The zero-order valence-corrected chi connectivity index (χ0v) is 17.5. The number of phenols is 1. The van der Waals surface area contributed by atoms with Crippen LogP contribution in [-0.2, 0) is 4.74 Å². The van der Waals surface area contributed by atoms with Gasteiger partial charge in [0, 0.05) is 12.3 Å². The van der Waals surface area contributed by atoms with Crippen molar-refractivity contribution in [2.75, 3.05) is 7.11 Å². The molecule has 0 heterocycles. The van der Waals surface area contributed by atoms with E-state index in [1.807, 2.05) is 13.8 Å². The van der Waals surface area contributed by atoms with E-state index in [1.165, 1.54) is 30.9 Å². The third kappa shape index (κ3) is 3.52. The summed E-state index contributed by atoms with van der Waals surface area (Å²) in [6.07, 6.45) is 4.98. The quantitative estimate of drug-likeness (QED) is 0.588. The van der Waals surface area contributed by atoms with Gasteiger partial charge in [0.25, 0.3) is 0 Å². The van der Waals surface area contributed by atoms with Crippen molar-refractivity contribution in [2.24, 2.45) is 17.3 Å². The van der Waals surface area contributed by atoms with Crippen LogP contribution in [0.2, 0.25) is 0 Å². The Morgan fingerprint density at radius 3 is 2.64 bits per heavy atom. The lowest BCUT2D eigenvalue weighted by Gasteiger charge is -2.43. The van der Waals surface area contributed by atoms with Crippen molar-refractivity contribution >= 4 is 5.97 Å². The van der Waals surface area contributed by atoms with Crippen molar-refractivity contribution in [1.29, 1.82) is 0 Å². The number of hydrogen-bond donors (Lipinski definition) is 2. The summed E-state index contributed by atoms with van der Waals surface area (Å²) in [6, 6.07) is 4.44. The Morgan fingerprint density at radius 1 is 1.29 bits per heavy atom. The van der Waals surface area contributed by atoms with Crippen LogP contribution in [-0.4, -0.2) is 35.0 Å². The van der Waals surface area contributed by atoms with Crippen LogP contribution >= 0.6 is 0 Å². The van der Waals surface area contributed by atoms with Crippen LogP contribution in [0.1, 0.15) is 63.7 Å². The number of esters is 1. The highest BCUT2D eigenvalue weighted by atomic mass is 16.5. The fourth-order valence-corrected chi connectivity index (χ4v) is 5.09. The highest BCUT2D eigenvalue weighted by Gasteiger charge is 2.59. The first-order valence-electron chi connectivity index (χ1n) is 10.1. The molecule has 0 saturated heterocycles.